The van der Waals surface area contributed by atoms with Crippen LogP contribution in [0.5, 0.6) is 0 Å². The van der Waals surface area contributed by atoms with Crippen molar-refractivity contribution in [3.63, 3.8) is 0 Å². The highest BCUT2D eigenvalue weighted by molar-refractivity contribution is 6.29. The second kappa shape index (κ2) is 4.23. The van der Waals surface area contributed by atoms with Crippen LogP contribution in [-0.2, 0) is 9.59 Å². The van der Waals surface area contributed by atoms with Crippen LogP contribution in [-0.4, -0.2) is 35.3 Å². The van der Waals surface area contributed by atoms with Crippen LogP contribution in [0.25, 0.3) is 0 Å². The standard InChI is InChI=1S/C10H15ClN2O2/c1-7(11)6-13-5-4-8(14)12-10(2,3)9(13)15/h1,4-6H2,2-3H3,(H,12,14). The normalized spacial score (nSPS) is 20.9. The van der Waals surface area contributed by atoms with Gasteiger partial charge in [-0.25, -0.2) is 0 Å². The van der Waals surface area contributed by atoms with E-state index in [-0.39, 0.29) is 11.8 Å². The zero-order valence-corrected chi connectivity index (χ0v) is 9.73. The van der Waals surface area contributed by atoms with Crippen LogP contribution >= 0.6 is 11.6 Å². The lowest BCUT2D eigenvalue weighted by molar-refractivity contribution is -0.136. The number of carbonyl (C=O) groups is 2. The number of amides is 2. The van der Waals surface area contributed by atoms with E-state index in [1.54, 1.807) is 18.7 Å². The molecule has 1 saturated heterocycles. The van der Waals surface area contributed by atoms with Gasteiger partial charge in [0.1, 0.15) is 5.54 Å². The van der Waals surface area contributed by atoms with E-state index in [1.807, 2.05) is 0 Å². The number of nitrogens with zero attached hydrogens (tertiary/aromatic N) is 1. The first-order chi connectivity index (χ1) is 6.83. The Labute approximate surface area is 94.3 Å². The van der Waals surface area contributed by atoms with Gasteiger partial charge in [0.25, 0.3) is 0 Å². The van der Waals surface area contributed by atoms with Gasteiger partial charge in [0.2, 0.25) is 11.8 Å². The third-order valence-electron chi connectivity index (χ3n) is 2.25. The van der Waals surface area contributed by atoms with Gasteiger partial charge in [-0.05, 0) is 13.8 Å². The van der Waals surface area contributed by atoms with Gasteiger partial charge in [-0.1, -0.05) is 18.2 Å². The summed E-state index contributed by atoms with van der Waals surface area (Å²) in [5.41, 5.74) is -0.861. The highest BCUT2D eigenvalue weighted by Crippen LogP contribution is 2.15. The Morgan fingerprint density at radius 1 is 1.60 bits per heavy atom. The van der Waals surface area contributed by atoms with Crippen molar-refractivity contribution in [1.29, 1.82) is 0 Å². The third kappa shape index (κ3) is 2.96. The van der Waals surface area contributed by atoms with Gasteiger partial charge in [-0.3, -0.25) is 9.59 Å². The maximum Gasteiger partial charge on any atom is 0.248 e. The molecule has 1 rings (SSSR count). The van der Waals surface area contributed by atoms with Gasteiger partial charge in [0, 0.05) is 18.0 Å². The molecule has 0 aromatic heterocycles. The molecule has 4 nitrogen and oxygen atoms in total. The molecular weight excluding hydrogens is 216 g/mol. The summed E-state index contributed by atoms with van der Waals surface area (Å²) in [6.07, 6.45) is 0.305. The van der Waals surface area contributed by atoms with Crippen molar-refractivity contribution in [1.82, 2.24) is 10.2 Å². The predicted molar refractivity (Wildman–Crippen MR) is 58.4 cm³/mol. The van der Waals surface area contributed by atoms with Crippen LogP contribution in [0.3, 0.4) is 0 Å². The summed E-state index contributed by atoms with van der Waals surface area (Å²) in [6.45, 7) is 7.59. The molecule has 0 spiro atoms. The average Bonchev–Trinajstić information content (AvgIpc) is 2.16. The van der Waals surface area contributed by atoms with Crippen molar-refractivity contribution in [2.24, 2.45) is 0 Å². The lowest BCUT2D eigenvalue weighted by Crippen LogP contribution is -2.52. The fourth-order valence-electron chi connectivity index (χ4n) is 1.56. The molecular formula is C10H15ClN2O2. The number of rotatable bonds is 2. The summed E-state index contributed by atoms with van der Waals surface area (Å²) in [5.74, 6) is -0.244. The molecule has 5 heteroatoms. The van der Waals surface area contributed by atoms with Crippen molar-refractivity contribution in [2.75, 3.05) is 13.1 Å². The minimum Gasteiger partial charge on any atom is -0.342 e. The number of hydrogen-bond donors (Lipinski definition) is 1. The molecule has 0 atom stereocenters. The Bertz CT molecular complexity index is 313. The molecule has 1 aliphatic heterocycles. The summed E-state index contributed by atoms with van der Waals surface area (Å²) >= 11 is 5.67. The van der Waals surface area contributed by atoms with Crippen molar-refractivity contribution < 1.29 is 9.59 Å². The SMILES string of the molecule is C=C(Cl)CN1CCC(=O)NC(C)(C)C1=O. The smallest absolute Gasteiger partial charge is 0.248 e. The molecule has 15 heavy (non-hydrogen) atoms. The molecule has 1 heterocycles. The molecule has 0 aliphatic carbocycles. The molecule has 1 aliphatic rings. The summed E-state index contributed by atoms with van der Waals surface area (Å²) in [5, 5.41) is 3.06. The quantitative estimate of drug-likeness (QED) is 0.765. The fraction of sp³-hybridized carbons (Fsp3) is 0.600. The molecule has 0 aromatic rings. The number of nitrogens with one attached hydrogen (secondary N) is 1. The summed E-state index contributed by atoms with van der Waals surface area (Å²) in [7, 11) is 0. The van der Waals surface area contributed by atoms with Crippen LogP contribution in [0.4, 0.5) is 0 Å². The Balaban J connectivity index is 2.85. The van der Waals surface area contributed by atoms with E-state index < -0.39 is 5.54 Å². The number of halogens is 1. The highest BCUT2D eigenvalue weighted by atomic mass is 35.5. The molecule has 0 saturated carbocycles. The van der Waals surface area contributed by atoms with E-state index in [9.17, 15) is 9.59 Å². The first-order valence-corrected chi connectivity index (χ1v) is 5.14. The van der Waals surface area contributed by atoms with Gasteiger partial charge in [0.05, 0.1) is 6.54 Å². The maximum atomic E-state index is 12.0. The van der Waals surface area contributed by atoms with E-state index in [1.165, 1.54) is 0 Å². The summed E-state index contributed by atoms with van der Waals surface area (Å²) in [6, 6.07) is 0. The zero-order chi connectivity index (χ0) is 11.6. The van der Waals surface area contributed by atoms with Crippen molar-refractivity contribution in [2.45, 2.75) is 25.8 Å². The monoisotopic (exact) mass is 230 g/mol. The van der Waals surface area contributed by atoms with Crippen LogP contribution in [0.15, 0.2) is 11.6 Å². The lowest BCUT2D eigenvalue weighted by Gasteiger charge is -2.28. The largest absolute Gasteiger partial charge is 0.342 e. The van der Waals surface area contributed by atoms with Gasteiger partial charge >= 0.3 is 0 Å². The second-order valence-corrected chi connectivity index (χ2v) is 4.70. The Morgan fingerprint density at radius 2 is 2.20 bits per heavy atom. The Hall–Kier alpha value is -1.03. The molecule has 84 valence electrons. The van der Waals surface area contributed by atoms with Gasteiger partial charge in [0.15, 0.2) is 0 Å². The second-order valence-electron chi connectivity index (χ2n) is 4.17. The van der Waals surface area contributed by atoms with Crippen LogP contribution in [0.2, 0.25) is 0 Å². The molecule has 2 amide bonds. The van der Waals surface area contributed by atoms with E-state index in [0.717, 1.165) is 0 Å². The van der Waals surface area contributed by atoms with E-state index in [4.69, 9.17) is 11.6 Å². The van der Waals surface area contributed by atoms with Crippen LogP contribution in [0.1, 0.15) is 20.3 Å². The topological polar surface area (TPSA) is 49.4 Å². The average molecular weight is 231 g/mol. The van der Waals surface area contributed by atoms with Crippen molar-refractivity contribution >= 4 is 23.4 Å². The molecule has 0 radical (unpaired) electrons. The molecule has 1 fully saturated rings. The van der Waals surface area contributed by atoms with Crippen LogP contribution in [0, 0.1) is 0 Å². The van der Waals surface area contributed by atoms with Crippen molar-refractivity contribution in [3.05, 3.63) is 11.6 Å². The van der Waals surface area contributed by atoms with E-state index >= 15 is 0 Å². The van der Waals surface area contributed by atoms with Gasteiger partial charge in [-0.15, -0.1) is 0 Å². The Morgan fingerprint density at radius 3 is 2.73 bits per heavy atom. The number of hydrogen-bond acceptors (Lipinski definition) is 2. The Kier molecular flexibility index (Phi) is 3.39. The molecule has 1 N–H and O–H groups in total. The number of carbonyl (C=O) groups excluding carboxylic acids is 2. The predicted octanol–water partition coefficient (Wildman–Crippen LogP) is 0.866. The summed E-state index contributed by atoms with van der Waals surface area (Å²) < 4.78 is 0. The van der Waals surface area contributed by atoms with E-state index in [0.29, 0.717) is 24.5 Å². The minimum absolute atomic E-state index is 0.115. The molecule has 0 bridgehead atoms. The molecule has 0 aromatic carbocycles. The minimum atomic E-state index is -0.861. The van der Waals surface area contributed by atoms with Gasteiger partial charge in [-0.2, -0.15) is 0 Å². The first kappa shape index (κ1) is 12.0. The first-order valence-electron chi connectivity index (χ1n) is 4.76. The fourth-order valence-corrected chi connectivity index (χ4v) is 1.70. The third-order valence-corrected chi connectivity index (χ3v) is 2.36. The highest BCUT2D eigenvalue weighted by Gasteiger charge is 2.36. The lowest BCUT2D eigenvalue weighted by atomic mass is 10.0. The van der Waals surface area contributed by atoms with Gasteiger partial charge < -0.3 is 10.2 Å². The molecule has 0 unspecified atom stereocenters. The van der Waals surface area contributed by atoms with Crippen molar-refractivity contribution in [3.8, 4) is 0 Å². The van der Waals surface area contributed by atoms with E-state index in [2.05, 4.69) is 11.9 Å². The zero-order valence-electron chi connectivity index (χ0n) is 8.97. The van der Waals surface area contributed by atoms with Crippen LogP contribution < -0.4 is 5.32 Å². The maximum absolute atomic E-state index is 12.0. The summed E-state index contributed by atoms with van der Waals surface area (Å²) in [4.78, 5) is 24.8.